The highest BCUT2D eigenvalue weighted by molar-refractivity contribution is 5.82. The fraction of sp³-hybridized carbons (Fsp3) is 0.571. The fourth-order valence-corrected chi connectivity index (χ4v) is 4.96. The lowest BCUT2D eigenvalue weighted by Crippen LogP contribution is -2.51. The maximum absolute atomic E-state index is 13.2. The van der Waals surface area contributed by atoms with Gasteiger partial charge in [0.05, 0.1) is 10.9 Å². The van der Waals surface area contributed by atoms with Gasteiger partial charge in [-0.25, -0.2) is 4.79 Å². The molecule has 2 aromatic rings. The van der Waals surface area contributed by atoms with Crippen molar-refractivity contribution < 1.29 is 4.79 Å². The minimum atomic E-state index is -0.397. The summed E-state index contributed by atoms with van der Waals surface area (Å²) in [6.07, 6.45) is 6.96. The van der Waals surface area contributed by atoms with Crippen LogP contribution in [0.5, 0.6) is 0 Å². The molecule has 0 bridgehead atoms. The third-order valence-electron chi connectivity index (χ3n) is 6.31. The van der Waals surface area contributed by atoms with Crippen molar-refractivity contribution in [1.29, 1.82) is 0 Å². The molecule has 0 radical (unpaired) electrons. The Balaban J connectivity index is 1.72. The van der Waals surface area contributed by atoms with Gasteiger partial charge in [0.15, 0.2) is 0 Å². The number of benzene rings is 1. The van der Waals surface area contributed by atoms with Gasteiger partial charge in [0, 0.05) is 19.1 Å². The van der Waals surface area contributed by atoms with Crippen LogP contribution in [0.3, 0.4) is 0 Å². The minimum absolute atomic E-state index is 0.000144. The standard InChI is InChI=1S/C21H27N3O3/c1-2-22-20(26)16-10-4-6-12-18(16)24(21(22)27)14-19(25)23-13-7-9-15-8-3-5-11-17(15)23/h4,6,10,12,15,17H,2-3,5,7-9,11,13-14H2,1H3. The van der Waals surface area contributed by atoms with Crippen molar-refractivity contribution in [1.82, 2.24) is 14.0 Å². The number of piperidine rings is 1. The highest BCUT2D eigenvalue weighted by Gasteiger charge is 2.35. The van der Waals surface area contributed by atoms with E-state index in [-0.39, 0.29) is 18.0 Å². The Morgan fingerprint density at radius 1 is 1.04 bits per heavy atom. The van der Waals surface area contributed by atoms with Gasteiger partial charge in [0.25, 0.3) is 5.56 Å². The van der Waals surface area contributed by atoms with Crippen molar-refractivity contribution in [2.45, 2.75) is 64.6 Å². The van der Waals surface area contributed by atoms with E-state index in [9.17, 15) is 14.4 Å². The highest BCUT2D eigenvalue weighted by atomic mass is 16.2. The van der Waals surface area contributed by atoms with Crippen molar-refractivity contribution in [3.8, 4) is 0 Å². The van der Waals surface area contributed by atoms with Gasteiger partial charge in [0.2, 0.25) is 5.91 Å². The number of carbonyl (C=O) groups excluding carboxylic acids is 1. The number of likely N-dealkylation sites (tertiary alicyclic amines) is 1. The molecule has 2 fully saturated rings. The zero-order valence-electron chi connectivity index (χ0n) is 15.9. The summed E-state index contributed by atoms with van der Waals surface area (Å²) in [5.41, 5.74) is -0.137. The van der Waals surface area contributed by atoms with Gasteiger partial charge in [-0.05, 0) is 50.7 Å². The molecule has 2 aliphatic rings. The van der Waals surface area contributed by atoms with Crippen LogP contribution in [0.1, 0.15) is 45.4 Å². The summed E-state index contributed by atoms with van der Waals surface area (Å²) in [5.74, 6) is 0.606. The Morgan fingerprint density at radius 3 is 2.59 bits per heavy atom. The first kappa shape index (κ1) is 18.0. The summed E-state index contributed by atoms with van der Waals surface area (Å²) in [4.78, 5) is 40.6. The Morgan fingerprint density at radius 2 is 1.78 bits per heavy atom. The molecule has 1 aromatic carbocycles. The van der Waals surface area contributed by atoms with Crippen LogP contribution in [-0.2, 0) is 17.9 Å². The number of carbonyl (C=O) groups is 1. The molecular weight excluding hydrogens is 342 g/mol. The van der Waals surface area contributed by atoms with Crippen molar-refractivity contribution in [3.63, 3.8) is 0 Å². The van der Waals surface area contributed by atoms with Crippen molar-refractivity contribution in [2.24, 2.45) is 5.92 Å². The van der Waals surface area contributed by atoms with Gasteiger partial charge in [-0.3, -0.25) is 18.7 Å². The van der Waals surface area contributed by atoms with E-state index in [2.05, 4.69) is 0 Å². The fourth-order valence-electron chi connectivity index (χ4n) is 4.96. The van der Waals surface area contributed by atoms with Gasteiger partial charge < -0.3 is 4.90 Å². The molecule has 1 amide bonds. The summed E-state index contributed by atoms with van der Waals surface area (Å²) in [5, 5.41) is 0.487. The lowest BCUT2D eigenvalue weighted by molar-refractivity contribution is -0.138. The summed E-state index contributed by atoms with van der Waals surface area (Å²) in [6, 6.07) is 7.39. The van der Waals surface area contributed by atoms with E-state index in [4.69, 9.17) is 0 Å². The third kappa shape index (κ3) is 3.11. The minimum Gasteiger partial charge on any atom is -0.338 e. The normalized spacial score (nSPS) is 22.6. The second-order valence-electron chi connectivity index (χ2n) is 7.78. The van der Waals surface area contributed by atoms with E-state index >= 15 is 0 Å². The number of aromatic nitrogens is 2. The van der Waals surface area contributed by atoms with E-state index in [0.29, 0.717) is 29.4 Å². The van der Waals surface area contributed by atoms with Gasteiger partial charge in [-0.1, -0.05) is 25.0 Å². The molecule has 0 N–H and O–H groups in total. The van der Waals surface area contributed by atoms with Crippen molar-refractivity contribution in [3.05, 3.63) is 45.1 Å². The van der Waals surface area contributed by atoms with Crippen LogP contribution in [0.4, 0.5) is 0 Å². The largest absolute Gasteiger partial charge is 0.338 e. The molecule has 6 nitrogen and oxygen atoms in total. The highest BCUT2D eigenvalue weighted by Crippen LogP contribution is 2.35. The Bertz CT molecular complexity index is 973. The summed E-state index contributed by atoms with van der Waals surface area (Å²) >= 11 is 0. The molecule has 4 rings (SSSR count). The molecule has 1 aromatic heterocycles. The summed E-state index contributed by atoms with van der Waals surface area (Å²) in [6.45, 7) is 2.86. The molecule has 1 saturated carbocycles. The molecule has 6 heteroatoms. The Kier molecular flexibility index (Phi) is 4.89. The lowest BCUT2D eigenvalue weighted by Gasteiger charge is -2.44. The van der Waals surface area contributed by atoms with E-state index < -0.39 is 5.69 Å². The first-order valence-electron chi connectivity index (χ1n) is 10.1. The third-order valence-corrected chi connectivity index (χ3v) is 6.31. The molecule has 1 saturated heterocycles. The van der Waals surface area contributed by atoms with Crippen LogP contribution in [0.15, 0.2) is 33.9 Å². The Labute approximate surface area is 158 Å². The number of rotatable bonds is 3. The molecular formula is C21H27N3O3. The van der Waals surface area contributed by atoms with Crippen LogP contribution < -0.4 is 11.2 Å². The monoisotopic (exact) mass is 369 g/mol. The zero-order chi connectivity index (χ0) is 19.0. The van der Waals surface area contributed by atoms with Crippen LogP contribution in [0.2, 0.25) is 0 Å². The number of fused-ring (bicyclic) bond motifs is 2. The quantitative estimate of drug-likeness (QED) is 0.834. The molecule has 0 spiro atoms. The van der Waals surface area contributed by atoms with E-state index in [1.54, 1.807) is 31.2 Å². The molecule has 1 aliphatic heterocycles. The molecule has 2 unspecified atom stereocenters. The van der Waals surface area contributed by atoms with Crippen LogP contribution in [0, 0.1) is 5.92 Å². The number of hydrogen-bond donors (Lipinski definition) is 0. The van der Waals surface area contributed by atoms with Gasteiger partial charge in [-0.2, -0.15) is 0 Å². The Hall–Kier alpha value is -2.37. The van der Waals surface area contributed by atoms with E-state index in [1.807, 2.05) is 4.90 Å². The number of para-hydroxylation sites is 1. The van der Waals surface area contributed by atoms with Crippen LogP contribution in [0.25, 0.3) is 10.9 Å². The number of nitrogens with zero attached hydrogens (tertiary/aromatic N) is 3. The summed E-state index contributed by atoms with van der Waals surface area (Å²) in [7, 11) is 0. The number of amides is 1. The molecule has 27 heavy (non-hydrogen) atoms. The van der Waals surface area contributed by atoms with Gasteiger partial charge in [0.1, 0.15) is 6.54 Å². The predicted molar refractivity (Wildman–Crippen MR) is 105 cm³/mol. The average Bonchev–Trinajstić information content (AvgIpc) is 2.71. The smallest absolute Gasteiger partial charge is 0.331 e. The molecule has 144 valence electrons. The van der Waals surface area contributed by atoms with Gasteiger partial charge in [-0.15, -0.1) is 0 Å². The first-order chi connectivity index (χ1) is 13.1. The van der Waals surface area contributed by atoms with Crippen LogP contribution in [-0.4, -0.2) is 32.5 Å². The predicted octanol–water partition coefficient (Wildman–Crippen LogP) is 2.36. The van der Waals surface area contributed by atoms with Crippen molar-refractivity contribution in [2.75, 3.05) is 6.54 Å². The SMILES string of the molecule is CCn1c(=O)c2ccccc2n(CC(=O)N2CCCC3CCCCC32)c1=O. The summed E-state index contributed by atoms with van der Waals surface area (Å²) < 4.78 is 2.70. The lowest BCUT2D eigenvalue weighted by atomic mass is 9.78. The first-order valence-corrected chi connectivity index (χ1v) is 10.1. The van der Waals surface area contributed by atoms with Crippen molar-refractivity contribution >= 4 is 16.8 Å². The maximum Gasteiger partial charge on any atom is 0.331 e. The molecule has 2 atom stereocenters. The van der Waals surface area contributed by atoms with E-state index in [0.717, 1.165) is 19.4 Å². The maximum atomic E-state index is 13.2. The van der Waals surface area contributed by atoms with E-state index in [1.165, 1.54) is 34.8 Å². The zero-order valence-corrected chi connectivity index (χ0v) is 15.9. The van der Waals surface area contributed by atoms with Crippen LogP contribution >= 0.6 is 0 Å². The topological polar surface area (TPSA) is 64.3 Å². The van der Waals surface area contributed by atoms with Gasteiger partial charge >= 0.3 is 5.69 Å². The average molecular weight is 369 g/mol. The number of hydrogen-bond acceptors (Lipinski definition) is 3. The molecule has 2 heterocycles. The second kappa shape index (κ2) is 7.33. The molecule has 1 aliphatic carbocycles. The second-order valence-corrected chi connectivity index (χ2v) is 7.78.